The summed E-state index contributed by atoms with van der Waals surface area (Å²) in [5.74, 6) is 3.68. The Morgan fingerprint density at radius 1 is 1.18 bits per heavy atom. The molecule has 1 saturated heterocycles. The summed E-state index contributed by atoms with van der Waals surface area (Å²) >= 11 is 2.10. The molecule has 0 aromatic carbocycles. The summed E-state index contributed by atoms with van der Waals surface area (Å²) in [6, 6.07) is 0. The van der Waals surface area contributed by atoms with Gasteiger partial charge in [0.05, 0.1) is 12.7 Å². The van der Waals surface area contributed by atoms with Gasteiger partial charge in [-0.25, -0.2) is 0 Å². The average Bonchev–Trinajstić information content (AvgIpc) is 2.66. The smallest absolute Gasteiger partial charge is 0.0900 e. The van der Waals surface area contributed by atoms with E-state index in [2.05, 4.69) is 11.8 Å². The monoisotopic (exact) mass is 172 g/mol. The van der Waals surface area contributed by atoms with Gasteiger partial charge in [-0.15, -0.1) is 0 Å². The molecule has 1 aliphatic heterocycles. The van der Waals surface area contributed by atoms with E-state index in [0.29, 0.717) is 6.10 Å². The average molecular weight is 172 g/mol. The molecule has 1 nitrogen and oxygen atoms in total. The van der Waals surface area contributed by atoms with E-state index in [1.165, 1.54) is 37.2 Å². The Labute approximate surface area is 72.9 Å². The molecule has 0 aromatic heterocycles. The Kier molecular flexibility index (Phi) is 2.75. The Balaban J connectivity index is 1.51. The van der Waals surface area contributed by atoms with Crippen LogP contribution in [0, 0.1) is 5.92 Å². The van der Waals surface area contributed by atoms with Gasteiger partial charge in [0, 0.05) is 5.75 Å². The highest BCUT2D eigenvalue weighted by molar-refractivity contribution is 7.99. The van der Waals surface area contributed by atoms with E-state index in [1.807, 2.05) is 0 Å². The first kappa shape index (κ1) is 7.93. The highest BCUT2D eigenvalue weighted by atomic mass is 32.2. The minimum atomic E-state index is 0.626. The molecule has 2 rings (SSSR count). The largest absolute Gasteiger partial charge is 0.372 e. The molecule has 0 amide bonds. The van der Waals surface area contributed by atoms with E-state index in [9.17, 15) is 0 Å². The second-order valence-electron chi connectivity index (χ2n) is 3.64. The zero-order chi connectivity index (χ0) is 7.52. The molecular weight excluding hydrogens is 156 g/mol. The van der Waals surface area contributed by atoms with E-state index < -0.39 is 0 Å². The molecule has 1 unspecified atom stereocenters. The van der Waals surface area contributed by atoms with Crippen molar-refractivity contribution in [2.75, 3.05) is 18.1 Å². The number of hydrogen-bond acceptors (Lipinski definition) is 2. The van der Waals surface area contributed by atoms with Crippen molar-refractivity contribution in [1.82, 2.24) is 0 Å². The van der Waals surface area contributed by atoms with Crippen LogP contribution in [0.3, 0.4) is 0 Å². The SMILES string of the molecule is C1CCC(CSCC2CO2)C1. The van der Waals surface area contributed by atoms with Gasteiger partial charge in [0.15, 0.2) is 0 Å². The molecule has 0 radical (unpaired) electrons. The van der Waals surface area contributed by atoms with Crippen LogP contribution >= 0.6 is 11.8 Å². The quantitative estimate of drug-likeness (QED) is 0.603. The van der Waals surface area contributed by atoms with Crippen LogP contribution < -0.4 is 0 Å². The topological polar surface area (TPSA) is 12.5 Å². The lowest BCUT2D eigenvalue weighted by Crippen LogP contribution is -1.99. The first-order chi connectivity index (χ1) is 5.45. The predicted molar refractivity (Wildman–Crippen MR) is 49.0 cm³/mol. The fourth-order valence-corrected chi connectivity index (χ4v) is 2.97. The van der Waals surface area contributed by atoms with Gasteiger partial charge in [0.25, 0.3) is 0 Å². The summed E-state index contributed by atoms with van der Waals surface area (Å²) in [6.07, 6.45) is 6.55. The minimum absolute atomic E-state index is 0.626. The predicted octanol–water partition coefficient (Wildman–Crippen LogP) is 2.31. The van der Waals surface area contributed by atoms with Crippen LogP contribution in [-0.4, -0.2) is 24.2 Å². The van der Waals surface area contributed by atoms with Gasteiger partial charge in [-0.05, 0) is 24.5 Å². The Morgan fingerprint density at radius 2 is 1.91 bits per heavy atom. The van der Waals surface area contributed by atoms with Crippen LogP contribution in [0.15, 0.2) is 0 Å². The van der Waals surface area contributed by atoms with E-state index in [4.69, 9.17) is 4.74 Å². The van der Waals surface area contributed by atoms with Gasteiger partial charge >= 0.3 is 0 Å². The van der Waals surface area contributed by atoms with Crippen molar-refractivity contribution in [1.29, 1.82) is 0 Å². The van der Waals surface area contributed by atoms with Crippen LogP contribution in [0.5, 0.6) is 0 Å². The lowest BCUT2D eigenvalue weighted by Gasteiger charge is -2.06. The Morgan fingerprint density at radius 3 is 2.55 bits per heavy atom. The normalized spacial score (nSPS) is 31.1. The maximum absolute atomic E-state index is 5.15. The van der Waals surface area contributed by atoms with Gasteiger partial charge < -0.3 is 4.74 Å². The van der Waals surface area contributed by atoms with Crippen molar-refractivity contribution in [2.45, 2.75) is 31.8 Å². The van der Waals surface area contributed by atoms with Crippen LogP contribution in [0.25, 0.3) is 0 Å². The second-order valence-corrected chi connectivity index (χ2v) is 4.72. The maximum Gasteiger partial charge on any atom is 0.0900 e. The van der Waals surface area contributed by atoms with Crippen molar-refractivity contribution in [3.63, 3.8) is 0 Å². The van der Waals surface area contributed by atoms with Gasteiger partial charge in [-0.2, -0.15) is 11.8 Å². The molecule has 2 aliphatic rings. The molecular formula is C9H16OS. The minimum Gasteiger partial charge on any atom is -0.372 e. The molecule has 1 aliphatic carbocycles. The summed E-state index contributed by atoms with van der Waals surface area (Å²) in [6.45, 7) is 1.03. The number of rotatable bonds is 4. The molecule has 1 atom stereocenters. The van der Waals surface area contributed by atoms with Crippen LogP contribution in [0.2, 0.25) is 0 Å². The molecule has 64 valence electrons. The first-order valence-electron chi connectivity index (χ1n) is 4.64. The zero-order valence-corrected chi connectivity index (χ0v) is 7.74. The number of hydrogen-bond donors (Lipinski definition) is 0. The van der Waals surface area contributed by atoms with Gasteiger partial charge in [0.1, 0.15) is 0 Å². The third-order valence-corrected chi connectivity index (χ3v) is 3.85. The summed E-state index contributed by atoms with van der Waals surface area (Å²) in [5.41, 5.74) is 0. The van der Waals surface area contributed by atoms with E-state index in [-0.39, 0.29) is 0 Å². The fraction of sp³-hybridized carbons (Fsp3) is 1.00. The molecule has 1 heterocycles. The van der Waals surface area contributed by atoms with Gasteiger partial charge in [-0.3, -0.25) is 0 Å². The summed E-state index contributed by atoms with van der Waals surface area (Å²) in [4.78, 5) is 0. The summed E-state index contributed by atoms with van der Waals surface area (Å²) in [5, 5.41) is 0. The number of ether oxygens (including phenoxy) is 1. The molecule has 2 heteroatoms. The third kappa shape index (κ3) is 2.68. The van der Waals surface area contributed by atoms with Gasteiger partial charge in [-0.1, -0.05) is 12.8 Å². The van der Waals surface area contributed by atoms with Gasteiger partial charge in [0.2, 0.25) is 0 Å². The zero-order valence-electron chi connectivity index (χ0n) is 6.92. The van der Waals surface area contributed by atoms with Crippen molar-refractivity contribution < 1.29 is 4.74 Å². The maximum atomic E-state index is 5.15. The fourth-order valence-electron chi connectivity index (χ4n) is 1.71. The molecule has 0 aromatic rings. The molecule has 1 saturated carbocycles. The van der Waals surface area contributed by atoms with Crippen molar-refractivity contribution in [3.05, 3.63) is 0 Å². The Hall–Kier alpha value is 0.310. The van der Waals surface area contributed by atoms with Crippen LogP contribution in [-0.2, 0) is 4.74 Å². The third-order valence-electron chi connectivity index (χ3n) is 2.53. The highest BCUT2D eigenvalue weighted by Gasteiger charge is 2.23. The summed E-state index contributed by atoms with van der Waals surface area (Å²) < 4.78 is 5.15. The second kappa shape index (κ2) is 3.81. The number of thioether (sulfide) groups is 1. The lowest BCUT2D eigenvalue weighted by atomic mass is 10.1. The number of epoxide rings is 1. The van der Waals surface area contributed by atoms with Crippen molar-refractivity contribution in [2.24, 2.45) is 5.92 Å². The standard InChI is InChI=1S/C9H16OS/c1-2-4-8(3-1)6-11-7-9-5-10-9/h8-9H,1-7H2. The lowest BCUT2D eigenvalue weighted by molar-refractivity contribution is 0.426. The van der Waals surface area contributed by atoms with E-state index in [1.54, 1.807) is 0 Å². The molecule has 0 bridgehead atoms. The first-order valence-corrected chi connectivity index (χ1v) is 5.80. The van der Waals surface area contributed by atoms with E-state index in [0.717, 1.165) is 12.5 Å². The summed E-state index contributed by atoms with van der Waals surface area (Å²) in [7, 11) is 0. The van der Waals surface area contributed by atoms with Crippen molar-refractivity contribution >= 4 is 11.8 Å². The van der Waals surface area contributed by atoms with Crippen LogP contribution in [0.4, 0.5) is 0 Å². The molecule has 11 heavy (non-hydrogen) atoms. The molecule has 0 N–H and O–H groups in total. The highest BCUT2D eigenvalue weighted by Crippen LogP contribution is 2.29. The Bertz CT molecular complexity index is 117. The van der Waals surface area contributed by atoms with Crippen LogP contribution in [0.1, 0.15) is 25.7 Å². The molecule has 2 fully saturated rings. The van der Waals surface area contributed by atoms with E-state index >= 15 is 0 Å². The molecule has 0 spiro atoms. The van der Waals surface area contributed by atoms with Crippen molar-refractivity contribution in [3.8, 4) is 0 Å².